The Balaban J connectivity index is 1.46. The number of unbranched alkanes of at least 4 members (excludes halogenated alkanes) is 9. The molecule has 6 nitrogen and oxygen atoms in total. The summed E-state index contributed by atoms with van der Waals surface area (Å²) >= 11 is 3.65. The molecule has 0 spiro atoms. The van der Waals surface area contributed by atoms with E-state index in [1.54, 1.807) is 0 Å². The average molecular weight is 713 g/mol. The Hall–Kier alpha value is -3.20. The van der Waals surface area contributed by atoms with Gasteiger partial charge >= 0.3 is 0 Å². The lowest BCUT2D eigenvalue weighted by Crippen LogP contribution is -2.35. The smallest absolute Gasteiger partial charge is 0.294 e. The van der Waals surface area contributed by atoms with Crippen molar-refractivity contribution in [2.45, 2.75) is 136 Å². The Morgan fingerprint density at radius 3 is 1.92 bits per heavy atom. The number of nitrogens with zero attached hydrogens (tertiary/aromatic N) is 2. The highest BCUT2D eigenvalue weighted by molar-refractivity contribution is 7.16. The zero-order valence-electron chi connectivity index (χ0n) is 31.0. The normalized spacial score (nSPS) is 15.1. The molecular weight excluding hydrogens is 657 g/mol. The van der Waals surface area contributed by atoms with Crippen molar-refractivity contribution in [2.24, 2.45) is 15.7 Å². The van der Waals surface area contributed by atoms with E-state index in [2.05, 4.69) is 83.3 Å². The Morgan fingerprint density at radius 2 is 1.30 bits per heavy atom. The quantitative estimate of drug-likeness (QED) is 0.101. The van der Waals surface area contributed by atoms with Crippen LogP contribution in [0.5, 0.6) is 11.5 Å². The van der Waals surface area contributed by atoms with Crippen LogP contribution in [0.3, 0.4) is 0 Å². The molecule has 4 aromatic rings. The SMILES string of the molecule is CCCCCCCCN=C1Nc2cc(-c3ccc(C(C)C)s3)c3c4c(cc(-c5ccc(C(C)C)s5)c(c24)O1)N=C(C(N)CCCCCCC)O3. The van der Waals surface area contributed by atoms with Crippen LogP contribution in [-0.2, 0) is 0 Å². The largest absolute Gasteiger partial charge is 0.440 e. The van der Waals surface area contributed by atoms with Crippen LogP contribution in [0.25, 0.3) is 31.7 Å². The van der Waals surface area contributed by atoms with Crippen LogP contribution in [0.1, 0.15) is 140 Å². The molecule has 1 atom stereocenters. The molecule has 0 saturated carbocycles. The summed E-state index contributed by atoms with van der Waals surface area (Å²) in [5, 5.41) is 5.56. The fraction of sp³-hybridized carbons (Fsp3) is 0.524. The summed E-state index contributed by atoms with van der Waals surface area (Å²) < 4.78 is 13.6. The van der Waals surface area contributed by atoms with Crippen molar-refractivity contribution in [3.05, 3.63) is 46.2 Å². The number of hydrogen-bond acceptors (Lipinski definition) is 7. The molecule has 50 heavy (non-hydrogen) atoms. The molecule has 8 heteroatoms. The summed E-state index contributed by atoms with van der Waals surface area (Å²) in [6.45, 7) is 14.2. The standard InChI is InChI=1S/C42H56N4O2S2/c1-7-9-11-13-15-17-23-44-42-46-32-25-28(35-21-19-33(49-35)26(3)4)39-37-31(45-41(47-39)30(43)18-16-14-12-10-8-2)24-29(40(48-42)38(32)37)36-22-20-34(50-36)27(5)6/h19-22,24-27,30H,7-18,23,43H2,1-6H3,(H,44,46). The lowest BCUT2D eigenvalue weighted by Gasteiger charge is -2.29. The van der Waals surface area contributed by atoms with E-state index in [0.717, 1.165) is 70.6 Å². The van der Waals surface area contributed by atoms with Crippen molar-refractivity contribution < 1.29 is 9.47 Å². The first kappa shape index (κ1) is 36.6. The molecule has 2 aliphatic heterocycles. The molecule has 4 heterocycles. The van der Waals surface area contributed by atoms with Crippen LogP contribution in [0.15, 0.2) is 46.4 Å². The zero-order valence-corrected chi connectivity index (χ0v) is 32.6. The van der Waals surface area contributed by atoms with Crippen LogP contribution in [0, 0.1) is 0 Å². The third kappa shape index (κ3) is 8.13. The topological polar surface area (TPSA) is 81.2 Å². The van der Waals surface area contributed by atoms with E-state index >= 15 is 0 Å². The van der Waals surface area contributed by atoms with Crippen molar-refractivity contribution in [1.82, 2.24) is 0 Å². The number of hydrogen-bond donors (Lipinski definition) is 2. The van der Waals surface area contributed by atoms with E-state index < -0.39 is 0 Å². The van der Waals surface area contributed by atoms with E-state index in [0.29, 0.717) is 23.8 Å². The molecule has 0 fully saturated rings. The molecule has 0 saturated heterocycles. The number of ether oxygens (including phenoxy) is 2. The Bertz CT molecular complexity index is 1830. The minimum absolute atomic E-state index is 0.276. The van der Waals surface area contributed by atoms with Gasteiger partial charge < -0.3 is 20.5 Å². The average Bonchev–Trinajstić information content (AvgIpc) is 3.81. The Morgan fingerprint density at radius 1 is 0.720 bits per heavy atom. The van der Waals surface area contributed by atoms with Crippen molar-refractivity contribution >= 4 is 56.7 Å². The lowest BCUT2D eigenvalue weighted by atomic mass is 9.94. The van der Waals surface area contributed by atoms with Gasteiger partial charge in [0, 0.05) is 37.2 Å². The second-order valence-corrected chi connectivity index (χ2v) is 16.8. The van der Waals surface area contributed by atoms with Gasteiger partial charge in [-0.2, -0.15) is 0 Å². The van der Waals surface area contributed by atoms with E-state index in [9.17, 15) is 0 Å². The zero-order chi connectivity index (χ0) is 35.2. The van der Waals surface area contributed by atoms with Gasteiger partial charge in [-0.3, -0.25) is 0 Å². The van der Waals surface area contributed by atoms with Crippen LogP contribution in [-0.4, -0.2) is 24.5 Å². The second kappa shape index (κ2) is 16.9. The van der Waals surface area contributed by atoms with Gasteiger partial charge in [0.05, 0.1) is 28.2 Å². The van der Waals surface area contributed by atoms with E-state index in [-0.39, 0.29) is 6.04 Å². The maximum absolute atomic E-state index is 6.87. The highest BCUT2D eigenvalue weighted by atomic mass is 32.1. The fourth-order valence-electron chi connectivity index (χ4n) is 6.81. The number of thiophene rings is 2. The molecule has 2 aromatic heterocycles. The summed E-state index contributed by atoms with van der Waals surface area (Å²) in [6, 6.07) is 13.7. The van der Waals surface area contributed by atoms with Gasteiger partial charge in [-0.05, 0) is 61.1 Å². The predicted molar refractivity (Wildman–Crippen MR) is 218 cm³/mol. The van der Waals surface area contributed by atoms with Crippen molar-refractivity contribution in [1.29, 1.82) is 0 Å². The predicted octanol–water partition coefficient (Wildman–Crippen LogP) is 13.2. The summed E-state index contributed by atoms with van der Waals surface area (Å²) in [4.78, 5) is 15.2. The molecule has 268 valence electrons. The van der Waals surface area contributed by atoms with Gasteiger partial charge in [-0.1, -0.05) is 106 Å². The van der Waals surface area contributed by atoms with Gasteiger partial charge in [0.1, 0.15) is 11.5 Å². The maximum atomic E-state index is 6.87. The summed E-state index contributed by atoms with van der Waals surface area (Å²) in [5.74, 6) is 3.13. The summed E-state index contributed by atoms with van der Waals surface area (Å²) in [7, 11) is 0. The van der Waals surface area contributed by atoms with Crippen LogP contribution in [0.2, 0.25) is 0 Å². The molecule has 3 N–H and O–H groups in total. The molecular formula is C42H56N4O2S2. The fourth-order valence-corrected chi connectivity index (χ4v) is 8.86. The van der Waals surface area contributed by atoms with Crippen LogP contribution >= 0.6 is 22.7 Å². The first-order valence-corrected chi connectivity index (χ1v) is 20.8. The van der Waals surface area contributed by atoms with Crippen LogP contribution < -0.4 is 20.5 Å². The van der Waals surface area contributed by atoms with Gasteiger partial charge in [-0.25, -0.2) is 9.98 Å². The van der Waals surface area contributed by atoms with Gasteiger partial charge in [0.2, 0.25) is 5.90 Å². The first-order chi connectivity index (χ1) is 24.3. The van der Waals surface area contributed by atoms with E-state index in [1.165, 1.54) is 77.3 Å². The number of benzene rings is 2. The maximum Gasteiger partial charge on any atom is 0.294 e. The molecule has 6 rings (SSSR count). The molecule has 2 aromatic carbocycles. The minimum atomic E-state index is -0.276. The van der Waals surface area contributed by atoms with Gasteiger partial charge in [0.15, 0.2) is 0 Å². The number of amidine groups is 1. The third-order valence-corrected chi connectivity index (χ3v) is 12.6. The minimum Gasteiger partial charge on any atom is -0.440 e. The number of aliphatic imine (C=N–C) groups is 2. The number of anilines is 1. The summed E-state index contributed by atoms with van der Waals surface area (Å²) in [6.07, 6.45) is 14.2. The van der Waals surface area contributed by atoms with Gasteiger partial charge in [-0.15, -0.1) is 22.7 Å². The number of nitrogens with two attached hydrogens (primary N) is 1. The van der Waals surface area contributed by atoms with Crippen molar-refractivity contribution in [3.8, 4) is 32.4 Å². The first-order valence-electron chi connectivity index (χ1n) is 19.2. The molecule has 0 bridgehead atoms. The molecule has 0 amide bonds. The highest BCUT2D eigenvalue weighted by Crippen LogP contribution is 2.56. The molecule has 1 unspecified atom stereocenters. The molecule has 0 radical (unpaired) electrons. The molecule has 0 aliphatic carbocycles. The molecule has 2 aliphatic rings. The van der Waals surface area contributed by atoms with Gasteiger partial charge in [0.25, 0.3) is 6.02 Å². The van der Waals surface area contributed by atoms with Crippen molar-refractivity contribution in [2.75, 3.05) is 11.9 Å². The van der Waals surface area contributed by atoms with E-state index in [1.807, 2.05) is 22.7 Å². The number of rotatable bonds is 18. The Kier molecular flexibility index (Phi) is 12.3. The van der Waals surface area contributed by atoms with E-state index in [4.69, 9.17) is 25.2 Å². The lowest BCUT2D eigenvalue weighted by molar-refractivity contribution is 0.496. The monoisotopic (exact) mass is 712 g/mol. The highest BCUT2D eigenvalue weighted by Gasteiger charge is 2.33. The van der Waals surface area contributed by atoms with Crippen LogP contribution in [0.4, 0.5) is 11.4 Å². The second-order valence-electron chi connectivity index (χ2n) is 14.6. The Labute approximate surface area is 307 Å². The van der Waals surface area contributed by atoms with Crippen molar-refractivity contribution in [3.63, 3.8) is 0 Å². The third-order valence-electron chi connectivity index (χ3n) is 9.79. The number of nitrogens with one attached hydrogen (secondary N) is 1. The summed E-state index contributed by atoms with van der Waals surface area (Å²) in [5.41, 5.74) is 10.8.